The van der Waals surface area contributed by atoms with Gasteiger partial charge < -0.3 is 4.74 Å². The third kappa shape index (κ3) is 4.66. The van der Waals surface area contributed by atoms with Crippen LogP contribution in [-0.4, -0.2) is 57.0 Å². The highest BCUT2D eigenvalue weighted by Gasteiger charge is 2.29. The fraction of sp³-hybridized carbons (Fsp3) is 0.400. The van der Waals surface area contributed by atoms with E-state index in [1.165, 1.54) is 6.07 Å². The Labute approximate surface area is 160 Å². The summed E-state index contributed by atoms with van der Waals surface area (Å²) in [6.45, 7) is 6.92. The Kier molecular flexibility index (Phi) is 6.14. The zero-order chi connectivity index (χ0) is 19.4. The van der Waals surface area contributed by atoms with E-state index < -0.39 is 10.0 Å². The van der Waals surface area contributed by atoms with Gasteiger partial charge in [-0.1, -0.05) is 29.8 Å². The maximum Gasteiger partial charge on any atom is 0.243 e. The lowest BCUT2D eigenvalue weighted by Crippen LogP contribution is -2.49. The Balaban J connectivity index is 1.53. The maximum atomic E-state index is 13.5. The smallest absolute Gasteiger partial charge is 0.243 e. The van der Waals surface area contributed by atoms with Crippen LogP contribution < -0.4 is 4.74 Å². The molecular weight excluding hydrogens is 367 g/mol. The minimum absolute atomic E-state index is 0.244. The topological polar surface area (TPSA) is 49.9 Å². The lowest BCUT2D eigenvalue weighted by molar-refractivity contribution is 0.157. The zero-order valence-corrected chi connectivity index (χ0v) is 16.5. The van der Waals surface area contributed by atoms with Gasteiger partial charge in [-0.05, 0) is 37.6 Å². The van der Waals surface area contributed by atoms with Crippen molar-refractivity contribution >= 4 is 10.0 Å². The Bertz CT molecular complexity index is 894. The molecule has 0 radical (unpaired) electrons. The Morgan fingerprint density at radius 1 is 1.04 bits per heavy atom. The van der Waals surface area contributed by atoms with Gasteiger partial charge in [0.2, 0.25) is 10.0 Å². The van der Waals surface area contributed by atoms with Crippen LogP contribution in [0.3, 0.4) is 0 Å². The molecule has 0 atom stereocenters. The van der Waals surface area contributed by atoms with Crippen LogP contribution in [0.5, 0.6) is 5.75 Å². The second-order valence-electron chi connectivity index (χ2n) is 6.79. The number of ether oxygens (including phenoxy) is 1. The number of para-hydroxylation sites is 1. The van der Waals surface area contributed by atoms with Crippen LogP contribution >= 0.6 is 0 Å². The molecule has 0 amide bonds. The molecule has 1 aliphatic rings. The summed E-state index contributed by atoms with van der Waals surface area (Å²) in [6.07, 6.45) is 0. The van der Waals surface area contributed by atoms with Crippen molar-refractivity contribution in [2.75, 3.05) is 39.3 Å². The SMILES string of the molecule is Cc1ccc(S(=O)(=O)N2CCN(CCOc3ccccc3F)CC2)c(C)c1. The van der Waals surface area contributed by atoms with E-state index in [9.17, 15) is 12.8 Å². The quantitative estimate of drug-likeness (QED) is 0.759. The van der Waals surface area contributed by atoms with Gasteiger partial charge in [0, 0.05) is 32.7 Å². The summed E-state index contributed by atoms with van der Waals surface area (Å²) in [5, 5.41) is 0. The number of hydrogen-bond donors (Lipinski definition) is 0. The summed E-state index contributed by atoms with van der Waals surface area (Å²) < 4.78 is 46.4. The highest BCUT2D eigenvalue weighted by Crippen LogP contribution is 2.22. The van der Waals surface area contributed by atoms with Crippen molar-refractivity contribution < 1.29 is 17.5 Å². The maximum absolute atomic E-state index is 13.5. The van der Waals surface area contributed by atoms with E-state index in [4.69, 9.17) is 4.74 Å². The second-order valence-corrected chi connectivity index (χ2v) is 8.70. The van der Waals surface area contributed by atoms with Crippen molar-refractivity contribution in [2.45, 2.75) is 18.7 Å². The van der Waals surface area contributed by atoms with E-state index in [0.717, 1.165) is 11.1 Å². The van der Waals surface area contributed by atoms with E-state index in [0.29, 0.717) is 44.2 Å². The van der Waals surface area contributed by atoms with Crippen LogP contribution in [0.2, 0.25) is 0 Å². The van der Waals surface area contributed by atoms with E-state index in [1.54, 1.807) is 28.6 Å². The molecule has 2 aromatic carbocycles. The summed E-state index contributed by atoms with van der Waals surface area (Å²) in [6, 6.07) is 11.7. The first-order valence-corrected chi connectivity index (χ1v) is 10.5. The molecule has 2 aromatic rings. The van der Waals surface area contributed by atoms with Crippen LogP contribution in [0.25, 0.3) is 0 Å². The van der Waals surface area contributed by atoms with Gasteiger partial charge in [-0.2, -0.15) is 4.31 Å². The van der Waals surface area contributed by atoms with Crippen LogP contribution in [-0.2, 0) is 10.0 Å². The Morgan fingerprint density at radius 2 is 1.74 bits per heavy atom. The van der Waals surface area contributed by atoms with Gasteiger partial charge in [0.25, 0.3) is 0 Å². The summed E-state index contributed by atoms with van der Waals surface area (Å²) in [5.74, 6) is -0.129. The molecule has 3 rings (SSSR count). The molecule has 0 saturated carbocycles. The molecule has 0 aliphatic carbocycles. The Morgan fingerprint density at radius 3 is 2.41 bits per heavy atom. The van der Waals surface area contributed by atoms with Crippen molar-refractivity contribution in [3.63, 3.8) is 0 Å². The average Bonchev–Trinajstić information content (AvgIpc) is 2.63. The molecular formula is C20H25FN2O3S. The minimum atomic E-state index is -3.48. The van der Waals surface area contributed by atoms with Crippen molar-refractivity contribution in [1.29, 1.82) is 0 Å². The molecule has 7 heteroatoms. The normalized spacial score (nSPS) is 16.4. The largest absolute Gasteiger partial charge is 0.489 e. The molecule has 1 fully saturated rings. The number of hydrogen-bond acceptors (Lipinski definition) is 4. The molecule has 1 aliphatic heterocycles. The molecule has 27 heavy (non-hydrogen) atoms. The summed E-state index contributed by atoms with van der Waals surface area (Å²) in [4.78, 5) is 2.51. The number of rotatable bonds is 6. The molecule has 0 bridgehead atoms. The van der Waals surface area contributed by atoms with Gasteiger partial charge in [0.1, 0.15) is 6.61 Å². The minimum Gasteiger partial charge on any atom is -0.489 e. The van der Waals surface area contributed by atoms with E-state index >= 15 is 0 Å². The first-order chi connectivity index (χ1) is 12.9. The van der Waals surface area contributed by atoms with Gasteiger partial charge in [0.15, 0.2) is 11.6 Å². The van der Waals surface area contributed by atoms with Gasteiger partial charge in [0.05, 0.1) is 4.90 Å². The molecule has 0 N–H and O–H groups in total. The second kappa shape index (κ2) is 8.37. The Hall–Kier alpha value is -1.96. The molecule has 0 spiro atoms. The molecule has 0 aromatic heterocycles. The predicted octanol–water partition coefficient (Wildman–Crippen LogP) is 2.83. The van der Waals surface area contributed by atoms with E-state index in [2.05, 4.69) is 4.90 Å². The molecule has 0 unspecified atom stereocenters. The number of benzene rings is 2. The van der Waals surface area contributed by atoms with Crippen LogP contribution in [0.1, 0.15) is 11.1 Å². The number of sulfonamides is 1. The number of piperazine rings is 1. The standard InChI is InChI=1S/C20H25FN2O3S/c1-16-7-8-20(17(2)15-16)27(24,25)23-11-9-22(10-12-23)13-14-26-19-6-4-3-5-18(19)21/h3-8,15H,9-14H2,1-2H3. The van der Waals surface area contributed by atoms with Crippen LogP contribution in [0, 0.1) is 19.7 Å². The molecule has 5 nitrogen and oxygen atoms in total. The van der Waals surface area contributed by atoms with E-state index in [-0.39, 0.29) is 11.6 Å². The zero-order valence-electron chi connectivity index (χ0n) is 15.7. The monoisotopic (exact) mass is 392 g/mol. The summed E-state index contributed by atoms with van der Waals surface area (Å²) in [7, 11) is -3.48. The van der Waals surface area contributed by atoms with Crippen LogP contribution in [0.15, 0.2) is 47.4 Å². The van der Waals surface area contributed by atoms with Gasteiger partial charge in [-0.15, -0.1) is 0 Å². The van der Waals surface area contributed by atoms with Crippen molar-refractivity contribution in [3.8, 4) is 5.75 Å². The van der Waals surface area contributed by atoms with Crippen molar-refractivity contribution in [2.24, 2.45) is 0 Å². The fourth-order valence-corrected chi connectivity index (χ4v) is 4.90. The van der Waals surface area contributed by atoms with Gasteiger partial charge in [-0.3, -0.25) is 4.90 Å². The number of halogens is 1. The molecule has 146 valence electrons. The van der Waals surface area contributed by atoms with Crippen molar-refractivity contribution in [3.05, 3.63) is 59.4 Å². The third-order valence-corrected chi connectivity index (χ3v) is 6.84. The van der Waals surface area contributed by atoms with Gasteiger partial charge in [-0.25, -0.2) is 12.8 Å². The first kappa shape index (κ1) is 19.8. The number of nitrogens with zero attached hydrogens (tertiary/aromatic N) is 2. The highest BCUT2D eigenvalue weighted by atomic mass is 32.2. The summed E-state index contributed by atoms with van der Waals surface area (Å²) >= 11 is 0. The highest BCUT2D eigenvalue weighted by molar-refractivity contribution is 7.89. The van der Waals surface area contributed by atoms with Crippen LogP contribution in [0.4, 0.5) is 4.39 Å². The fourth-order valence-electron chi connectivity index (χ4n) is 3.27. The summed E-state index contributed by atoms with van der Waals surface area (Å²) in [5.41, 5.74) is 1.82. The van der Waals surface area contributed by atoms with Gasteiger partial charge >= 0.3 is 0 Å². The lowest BCUT2D eigenvalue weighted by Gasteiger charge is -2.34. The third-order valence-electron chi connectivity index (χ3n) is 4.78. The molecule has 1 saturated heterocycles. The van der Waals surface area contributed by atoms with E-state index in [1.807, 2.05) is 26.0 Å². The first-order valence-electron chi connectivity index (χ1n) is 9.05. The van der Waals surface area contributed by atoms with Crippen molar-refractivity contribution in [1.82, 2.24) is 9.21 Å². The number of aryl methyl sites for hydroxylation is 2. The molecule has 1 heterocycles. The average molecular weight is 392 g/mol. The lowest BCUT2D eigenvalue weighted by atomic mass is 10.2. The predicted molar refractivity (Wildman–Crippen MR) is 103 cm³/mol.